The van der Waals surface area contributed by atoms with Crippen LogP contribution in [0.5, 0.6) is 0 Å². The van der Waals surface area contributed by atoms with E-state index in [9.17, 15) is 4.79 Å². The van der Waals surface area contributed by atoms with E-state index in [1.165, 1.54) is 6.42 Å². The van der Waals surface area contributed by atoms with Gasteiger partial charge < -0.3 is 10.5 Å². The summed E-state index contributed by atoms with van der Waals surface area (Å²) in [6.07, 6.45) is 8.39. The van der Waals surface area contributed by atoms with Crippen LogP contribution in [0.15, 0.2) is 11.6 Å². The van der Waals surface area contributed by atoms with Crippen LogP contribution in [0, 0.1) is 11.8 Å². The molecule has 20 heavy (non-hydrogen) atoms. The topological polar surface area (TPSA) is 52.3 Å². The molecule has 0 saturated carbocycles. The summed E-state index contributed by atoms with van der Waals surface area (Å²) in [6.45, 7) is 9.56. The van der Waals surface area contributed by atoms with Crippen molar-refractivity contribution in [2.24, 2.45) is 17.6 Å². The summed E-state index contributed by atoms with van der Waals surface area (Å²) in [5.74, 6) is 1.22. The molecule has 0 bridgehead atoms. The third-order valence-electron chi connectivity index (χ3n) is 3.22. The van der Waals surface area contributed by atoms with Gasteiger partial charge in [0.15, 0.2) is 0 Å². The number of ether oxygens (including phenoxy) is 1. The van der Waals surface area contributed by atoms with Gasteiger partial charge in [-0.1, -0.05) is 46.6 Å². The van der Waals surface area contributed by atoms with E-state index in [0.29, 0.717) is 19.1 Å². The van der Waals surface area contributed by atoms with Crippen LogP contribution in [0.4, 0.5) is 0 Å². The molecule has 0 rings (SSSR count). The van der Waals surface area contributed by atoms with E-state index in [1.54, 1.807) is 0 Å². The van der Waals surface area contributed by atoms with Gasteiger partial charge in [0.25, 0.3) is 0 Å². The summed E-state index contributed by atoms with van der Waals surface area (Å²) in [5, 5.41) is 0. The molecule has 0 aliphatic rings. The number of esters is 1. The molecule has 0 saturated heterocycles. The first-order chi connectivity index (χ1) is 9.47. The van der Waals surface area contributed by atoms with Gasteiger partial charge in [-0.15, -0.1) is 0 Å². The smallest absolute Gasteiger partial charge is 0.333 e. The molecule has 0 fully saturated rings. The summed E-state index contributed by atoms with van der Waals surface area (Å²) >= 11 is 0. The van der Waals surface area contributed by atoms with E-state index in [1.807, 2.05) is 0 Å². The predicted molar refractivity (Wildman–Crippen MR) is 85.5 cm³/mol. The molecule has 0 unspecified atom stereocenters. The van der Waals surface area contributed by atoms with Crippen molar-refractivity contribution in [2.45, 2.75) is 66.2 Å². The fourth-order valence-corrected chi connectivity index (χ4v) is 2.03. The van der Waals surface area contributed by atoms with Crippen molar-refractivity contribution in [3.05, 3.63) is 11.6 Å². The molecule has 0 atom stereocenters. The standard InChI is InChI=1S/C17H33NO2/c1-14(2)8-5-6-10-16(11-7-9-15(3)4)17(19)20-13-12-18/h10,14-15H,5-9,11-13,18H2,1-4H3. The minimum Gasteiger partial charge on any atom is -0.461 e. The summed E-state index contributed by atoms with van der Waals surface area (Å²) in [6, 6.07) is 0. The first-order valence-corrected chi connectivity index (χ1v) is 8.03. The number of carbonyl (C=O) groups excluding carboxylic acids is 1. The van der Waals surface area contributed by atoms with E-state index < -0.39 is 0 Å². The maximum Gasteiger partial charge on any atom is 0.333 e. The third-order valence-corrected chi connectivity index (χ3v) is 3.22. The summed E-state index contributed by atoms with van der Waals surface area (Å²) in [7, 11) is 0. The summed E-state index contributed by atoms with van der Waals surface area (Å²) in [4.78, 5) is 12.0. The monoisotopic (exact) mass is 283 g/mol. The van der Waals surface area contributed by atoms with Crippen LogP contribution < -0.4 is 5.73 Å². The van der Waals surface area contributed by atoms with Gasteiger partial charge >= 0.3 is 5.97 Å². The van der Waals surface area contributed by atoms with Crippen molar-refractivity contribution in [3.63, 3.8) is 0 Å². The number of carbonyl (C=O) groups is 1. The molecule has 0 radical (unpaired) electrons. The third kappa shape index (κ3) is 11.0. The van der Waals surface area contributed by atoms with Crippen LogP contribution in [-0.2, 0) is 9.53 Å². The first-order valence-electron chi connectivity index (χ1n) is 8.03. The molecule has 0 spiro atoms. The summed E-state index contributed by atoms with van der Waals surface area (Å²) < 4.78 is 5.16. The lowest BCUT2D eigenvalue weighted by molar-refractivity contribution is -0.138. The lowest BCUT2D eigenvalue weighted by Crippen LogP contribution is -2.15. The normalized spacial score (nSPS) is 12.2. The van der Waals surface area contributed by atoms with Crippen LogP contribution in [0.25, 0.3) is 0 Å². The molecule has 0 amide bonds. The van der Waals surface area contributed by atoms with Gasteiger partial charge in [-0.3, -0.25) is 0 Å². The number of hydrogen-bond acceptors (Lipinski definition) is 3. The van der Waals surface area contributed by atoms with E-state index in [4.69, 9.17) is 10.5 Å². The minimum absolute atomic E-state index is 0.177. The van der Waals surface area contributed by atoms with Gasteiger partial charge in [-0.05, 0) is 37.5 Å². The van der Waals surface area contributed by atoms with E-state index in [0.717, 1.165) is 43.6 Å². The Labute approximate surface area is 125 Å². The number of hydrogen-bond donors (Lipinski definition) is 1. The average Bonchev–Trinajstić information content (AvgIpc) is 2.38. The van der Waals surface area contributed by atoms with E-state index in [-0.39, 0.29) is 5.97 Å². The van der Waals surface area contributed by atoms with Crippen molar-refractivity contribution >= 4 is 5.97 Å². The maximum atomic E-state index is 12.0. The highest BCUT2D eigenvalue weighted by molar-refractivity contribution is 5.88. The molecular weight excluding hydrogens is 250 g/mol. The fourth-order valence-electron chi connectivity index (χ4n) is 2.03. The fraction of sp³-hybridized carbons (Fsp3) is 0.824. The van der Waals surface area contributed by atoms with Crippen LogP contribution in [-0.4, -0.2) is 19.1 Å². The van der Waals surface area contributed by atoms with E-state index >= 15 is 0 Å². The number of nitrogens with two attached hydrogens (primary N) is 1. The van der Waals surface area contributed by atoms with Crippen molar-refractivity contribution in [2.75, 3.05) is 13.2 Å². The average molecular weight is 283 g/mol. The molecule has 0 aromatic carbocycles. The molecule has 118 valence electrons. The second-order valence-corrected chi connectivity index (χ2v) is 6.26. The van der Waals surface area contributed by atoms with Gasteiger partial charge in [0.2, 0.25) is 0 Å². The minimum atomic E-state index is -0.177. The van der Waals surface area contributed by atoms with Gasteiger partial charge in [0.05, 0.1) is 0 Å². The Morgan fingerprint density at radius 2 is 1.70 bits per heavy atom. The van der Waals surface area contributed by atoms with Crippen molar-refractivity contribution in [3.8, 4) is 0 Å². The van der Waals surface area contributed by atoms with Gasteiger partial charge in [-0.2, -0.15) is 0 Å². The van der Waals surface area contributed by atoms with Gasteiger partial charge in [0.1, 0.15) is 6.61 Å². The Morgan fingerprint density at radius 1 is 1.10 bits per heavy atom. The quantitative estimate of drug-likeness (QED) is 0.353. The Hall–Kier alpha value is -0.830. The lowest BCUT2D eigenvalue weighted by atomic mass is 10.0. The second-order valence-electron chi connectivity index (χ2n) is 6.26. The molecular formula is C17H33NO2. The number of allylic oxidation sites excluding steroid dienone is 1. The van der Waals surface area contributed by atoms with Crippen LogP contribution in [0.2, 0.25) is 0 Å². The second kappa shape index (κ2) is 12.0. The van der Waals surface area contributed by atoms with Crippen LogP contribution in [0.1, 0.15) is 66.2 Å². The highest BCUT2D eigenvalue weighted by atomic mass is 16.5. The molecule has 0 aliphatic carbocycles. The number of rotatable bonds is 11. The highest BCUT2D eigenvalue weighted by Gasteiger charge is 2.10. The predicted octanol–water partition coefficient (Wildman–Crippen LogP) is 4.07. The van der Waals surface area contributed by atoms with Crippen LogP contribution >= 0.6 is 0 Å². The zero-order valence-corrected chi connectivity index (χ0v) is 13.8. The van der Waals surface area contributed by atoms with Crippen molar-refractivity contribution in [1.29, 1.82) is 0 Å². The zero-order valence-electron chi connectivity index (χ0n) is 13.8. The molecule has 0 aromatic rings. The molecule has 0 heterocycles. The van der Waals surface area contributed by atoms with E-state index in [2.05, 4.69) is 33.8 Å². The molecule has 0 aromatic heterocycles. The molecule has 0 aliphatic heterocycles. The first kappa shape index (κ1) is 19.2. The Kier molecular flexibility index (Phi) is 11.5. The SMILES string of the molecule is CC(C)CCCC=C(CCCC(C)C)C(=O)OCCN. The summed E-state index contributed by atoms with van der Waals surface area (Å²) in [5.41, 5.74) is 6.21. The van der Waals surface area contributed by atoms with Crippen molar-refractivity contribution < 1.29 is 9.53 Å². The van der Waals surface area contributed by atoms with Crippen LogP contribution in [0.3, 0.4) is 0 Å². The molecule has 3 heteroatoms. The largest absolute Gasteiger partial charge is 0.461 e. The Balaban J connectivity index is 4.28. The molecule has 3 nitrogen and oxygen atoms in total. The lowest BCUT2D eigenvalue weighted by Gasteiger charge is -2.09. The maximum absolute atomic E-state index is 12.0. The van der Waals surface area contributed by atoms with Gasteiger partial charge in [0, 0.05) is 12.1 Å². The number of unbranched alkanes of at least 4 members (excludes halogenated alkanes) is 1. The Bertz CT molecular complexity index is 283. The van der Waals surface area contributed by atoms with Crippen molar-refractivity contribution in [1.82, 2.24) is 0 Å². The highest BCUT2D eigenvalue weighted by Crippen LogP contribution is 2.16. The molecule has 2 N–H and O–H groups in total. The Morgan fingerprint density at radius 3 is 2.25 bits per heavy atom. The van der Waals surface area contributed by atoms with Gasteiger partial charge in [-0.25, -0.2) is 4.79 Å². The zero-order chi connectivity index (χ0) is 15.4.